The molecule has 204 valence electrons. The van der Waals surface area contributed by atoms with Gasteiger partial charge in [-0.1, -0.05) is 11.6 Å². The van der Waals surface area contributed by atoms with Gasteiger partial charge in [-0.2, -0.15) is 10.4 Å². The third-order valence-electron chi connectivity index (χ3n) is 9.28. The smallest absolute Gasteiger partial charge is 0.255 e. The van der Waals surface area contributed by atoms with Crippen molar-refractivity contribution in [3.05, 3.63) is 75.2 Å². The van der Waals surface area contributed by atoms with Gasteiger partial charge in [0.1, 0.15) is 11.5 Å². The van der Waals surface area contributed by atoms with Crippen LogP contribution in [0.2, 0.25) is 5.02 Å². The van der Waals surface area contributed by atoms with Crippen molar-refractivity contribution in [2.75, 3.05) is 4.90 Å². The molecule has 2 amide bonds. The molecule has 0 spiro atoms. The minimum atomic E-state index is -0.926. The molecule has 2 N–H and O–H groups in total. The number of amides is 2. The van der Waals surface area contributed by atoms with E-state index >= 15 is 0 Å². The van der Waals surface area contributed by atoms with Crippen LogP contribution in [0, 0.1) is 36.0 Å². The van der Waals surface area contributed by atoms with E-state index < -0.39 is 6.10 Å². The highest BCUT2D eigenvalue weighted by molar-refractivity contribution is 6.30. The summed E-state index contributed by atoms with van der Waals surface area (Å²) in [7, 11) is 0. The third kappa shape index (κ3) is 3.77. The van der Waals surface area contributed by atoms with Gasteiger partial charge in [-0.25, -0.2) is 4.98 Å². The second-order valence-corrected chi connectivity index (χ2v) is 12.2. The topological polar surface area (TPSA) is 124 Å². The Bertz CT molecular complexity index is 1610. The Balaban J connectivity index is 1.06. The van der Waals surface area contributed by atoms with Gasteiger partial charge in [0.15, 0.2) is 0 Å². The molecule has 4 heterocycles. The number of aliphatic hydroxyl groups is 1. The maximum absolute atomic E-state index is 13.3. The molecule has 2 aromatic heterocycles. The lowest BCUT2D eigenvalue weighted by atomic mass is 9.74. The van der Waals surface area contributed by atoms with E-state index in [2.05, 4.69) is 21.5 Å². The van der Waals surface area contributed by atoms with Crippen molar-refractivity contribution in [3.63, 3.8) is 0 Å². The van der Waals surface area contributed by atoms with Gasteiger partial charge in [-0.3, -0.25) is 19.2 Å². The summed E-state index contributed by atoms with van der Waals surface area (Å²) in [6, 6.07) is 9.50. The highest BCUT2D eigenvalue weighted by Crippen LogP contribution is 2.76. The summed E-state index contributed by atoms with van der Waals surface area (Å²) in [6.45, 7) is 5.56. The number of aromatic nitrogens is 3. The number of pyridine rings is 1. The van der Waals surface area contributed by atoms with Crippen LogP contribution in [-0.4, -0.2) is 43.8 Å². The van der Waals surface area contributed by atoms with Crippen LogP contribution in [-0.2, 0) is 4.79 Å². The molecule has 3 aliphatic carbocycles. The van der Waals surface area contributed by atoms with Gasteiger partial charge in [-0.05, 0) is 92.3 Å². The van der Waals surface area contributed by atoms with Gasteiger partial charge < -0.3 is 10.4 Å². The first-order chi connectivity index (χ1) is 19.2. The second-order valence-electron chi connectivity index (χ2n) is 11.7. The van der Waals surface area contributed by atoms with Gasteiger partial charge in [0.2, 0.25) is 5.91 Å². The van der Waals surface area contributed by atoms with E-state index in [1.54, 1.807) is 36.1 Å². The SMILES string of the molecule is Cc1cc(N2C(=O)C3C4C2[C@H]34)ncc1[C@@H](C)n1cc(C(=O)NC2CC(c3cc(Cl)ccc3C#N)C2)c([C@@H](C)O)n1. The van der Waals surface area contributed by atoms with E-state index in [-0.39, 0.29) is 35.7 Å². The lowest BCUT2D eigenvalue weighted by Crippen LogP contribution is -2.43. The molecule has 1 aromatic carbocycles. The molecule has 3 saturated carbocycles. The zero-order chi connectivity index (χ0) is 28.0. The van der Waals surface area contributed by atoms with Crippen LogP contribution in [0.5, 0.6) is 0 Å². The number of anilines is 1. The van der Waals surface area contributed by atoms with Crippen molar-refractivity contribution < 1.29 is 14.7 Å². The fourth-order valence-electron chi connectivity index (χ4n) is 6.80. The summed E-state index contributed by atoms with van der Waals surface area (Å²) in [5.41, 5.74) is 4.08. The Hall–Kier alpha value is -3.74. The number of carbonyl (C=O) groups excluding carboxylic acids is 2. The van der Waals surface area contributed by atoms with E-state index in [1.165, 1.54) is 0 Å². The molecule has 9 nitrogen and oxygen atoms in total. The van der Waals surface area contributed by atoms with Gasteiger partial charge in [0, 0.05) is 35.4 Å². The average molecular weight is 557 g/mol. The number of nitrogens with one attached hydrogen (secondary N) is 1. The van der Waals surface area contributed by atoms with Gasteiger partial charge in [0.05, 0.1) is 29.3 Å². The molecule has 2 bridgehead atoms. The van der Waals surface area contributed by atoms with Crippen molar-refractivity contribution in [2.24, 2.45) is 17.8 Å². The molecule has 6 atom stereocenters. The Morgan fingerprint density at radius 2 is 2.00 bits per heavy atom. The highest BCUT2D eigenvalue weighted by atomic mass is 35.5. The number of benzene rings is 1. The lowest BCUT2D eigenvalue weighted by Gasteiger charge is -2.36. The zero-order valence-corrected chi connectivity index (χ0v) is 23.1. The van der Waals surface area contributed by atoms with Crippen LogP contribution in [0.15, 0.2) is 36.7 Å². The number of piperidine rings is 1. The predicted octanol–water partition coefficient (Wildman–Crippen LogP) is 4.04. The predicted molar refractivity (Wildman–Crippen MR) is 147 cm³/mol. The molecule has 40 heavy (non-hydrogen) atoms. The van der Waals surface area contributed by atoms with Crippen molar-refractivity contribution >= 4 is 29.2 Å². The molecule has 3 aromatic rings. The molecule has 5 fully saturated rings. The average Bonchev–Trinajstić information content (AvgIpc) is 3.65. The number of carbonyl (C=O) groups is 2. The summed E-state index contributed by atoms with van der Waals surface area (Å²) >= 11 is 6.15. The first kappa shape index (κ1) is 25.2. The molecular weight excluding hydrogens is 528 g/mol. The number of nitriles is 1. The number of rotatable bonds is 7. The number of nitrogens with zero attached hydrogens (tertiary/aromatic N) is 5. The molecular formula is C30H29ClN6O3. The van der Waals surface area contributed by atoms with E-state index in [0.717, 1.165) is 16.7 Å². The Morgan fingerprint density at radius 1 is 1.25 bits per heavy atom. The summed E-state index contributed by atoms with van der Waals surface area (Å²) in [5, 5.41) is 28.1. The van der Waals surface area contributed by atoms with Crippen molar-refractivity contribution in [2.45, 2.75) is 63.8 Å². The molecule has 10 heteroatoms. The van der Waals surface area contributed by atoms with Crippen LogP contribution in [0.4, 0.5) is 5.82 Å². The first-order valence-electron chi connectivity index (χ1n) is 13.7. The molecule has 8 rings (SSSR count). The maximum atomic E-state index is 13.3. The Labute approximate surface area is 236 Å². The van der Waals surface area contributed by atoms with E-state index in [9.17, 15) is 20.0 Å². The van der Waals surface area contributed by atoms with E-state index in [4.69, 9.17) is 11.6 Å². The van der Waals surface area contributed by atoms with Crippen molar-refractivity contribution in [3.8, 4) is 6.07 Å². The lowest BCUT2D eigenvalue weighted by molar-refractivity contribution is -0.118. The molecule has 2 saturated heterocycles. The number of halogens is 1. The largest absolute Gasteiger partial charge is 0.387 e. The van der Waals surface area contributed by atoms with Crippen molar-refractivity contribution in [1.82, 2.24) is 20.1 Å². The standard InChI is InChI=1S/C30H29ClN6O3/c1-13-6-23(37-28-24-25(28)26(24)30(37)40)33-11-21(13)14(2)36-12-22(27(35-36)15(3)38)29(39)34-19-7-17(8-19)20-9-18(31)5-4-16(20)10-32/h4-6,9,11-12,14-15,17,19,24-26,28,38H,7-8H2,1-3H3,(H,34,39)/t14-,15-,17?,19?,24+,25?,26?,28?/m1/s1. The van der Waals surface area contributed by atoms with Crippen molar-refractivity contribution in [1.29, 1.82) is 5.26 Å². The van der Waals surface area contributed by atoms with Gasteiger partial charge in [0.25, 0.3) is 5.91 Å². The number of aryl methyl sites for hydroxylation is 1. The van der Waals surface area contributed by atoms with Crippen LogP contribution in [0.3, 0.4) is 0 Å². The third-order valence-corrected chi connectivity index (χ3v) is 9.52. The zero-order valence-electron chi connectivity index (χ0n) is 22.4. The van der Waals surface area contributed by atoms with Gasteiger partial charge >= 0.3 is 0 Å². The molecule has 2 aliphatic heterocycles. The first-order valence-corrected chi connectivity index (χ1v) is 14.1. The maximum Gasteiger partial charge on any atom is 0.255 e. The Kier molecular flexibility index (Phi) is 5.61. The summed E-state index contributed by atoms with van der Waals surface area (Å²) in [6.07, 6.45) is 3.95. The van der Waals surface area contributed by atoms with E-state index in [1.807, 2.05) is 30.9 Å². The number of fused-ring (bicyclic) bond motifs is 1. The highest BCUT2D eigenvalue weighted by Gasteiger charge is 2.85. The molecule has 0 radical (unpaired) electrons. The second kappa shape index (κ2) is 8.88. The molecule has 5 aliphatic rings. The summed E-state index contributed by atoms with van der Waals surface area (Å²) in [5.74, 6) is 2.11. The summed E-state index contributed by atoms with van der Waals surface area (Å²) in [4.78, 5) is 32.3. The number of aliphatic hydroxyl groups excluding tert-OH is 1. The van der Waals surface area contributed by atoms with Crippen LogP contribution < -0.4 is 10.2 Å². The summed E-state index contributed by atoms with van der Waals surface area (Å²) < 4.78 is 1.69. The fourth-order valence-corrected chi connectivity index (χ4v) is 6.98. The van der Waals surface area contributed by atoms with Crippen LogP contribution >= 0.6 is 11.6 Å². The monoisotopic (exact) mass is 556 g/mol. The Morgan fingerprint density at radius 3 is 2.62 bits per heavy atom. The fraction of sp³-hybridized carbons (Fsp3) is 0.433. The number of hydrogen-bond acceptors (Lipinski definition) is 6. The van der Waals surface area contributed by atoms with Crippen LogP contribution in [0.25, 0.3) is 0 Å². The normalized spacial score (nSPS) is 28.8. The quantitative estimate of drug-likeness (QED) is 0.452. The minimum Gasteiger partial charge on any atom is -0.387 e. The van der Waals surface area contributed by atoms with Crippen LogP contribution in [0.1, 0.15) is 83.1 Å². The minimum absolute atomic E-state index is 0.0502. The van der Waals surface area contributed by atoms with Gasteiger partial charge in [-0.15, -0.1) is 0 Å². The number of hydrogen-bond donors (Lipinski definition) is 2. The molecule has 3 unspecified atom stereocenters. The van der Waals surface area contributed by atoms with E-state index in [0.29, 0.717) is 58.4 Å².